The van der Waals surface area contributed by atoms with E-state index in [1.54, 1.807) is 48.8 Å². The van der Waals surface area contributed by atoms with Crippen LogP contribution in [-0.2, 0) is 9.53 Å². The number of nitrogens with zero attached hydrogens (tertiary/aromatic N) is 2. The predicted octanol–water partition coefficient (Wildman–Crippen LogP) is 3.27. The average Bonchev–Trinajstić information content (AvgIpc) is 2.89. The van der Waals surface area contributed by atoms with Gasteiger partial charge < -0.3 is 4.74 Å². The fraction of sp³-hybridized carbons (Fsp3) is 0.0588. The van der Waals surface area contributed by atoms with Crippen LogP contribution in [0.5, 0.6) is 0 Å². The quantitative estimate of drug-likeness (QED) is 0.478. The zero-order valence-electron chi connectivity index (χ0n) is 12.6. The van der Waals surface area contributed by atoms with Gasteiger partial charge in [0.2, 0.25) is 0 Å². The van der Waals surface area contributed by atoms with E-state index in [0.717, 1.165) is 5.56 Å². The molecular formula is C17H12N2O3S2. The number of methoxy groups -OCH3 is 1. The molecule has 1 aromatic carbocycles. The van der Waals surface area contributed by atoms with E-state index in [2.05, 4.69) is 9.72 Å². The molecule has 3 rings (SSSR count). The number of aromatic nitrogens is 1. The third-order valence-corrected chi connectivity index (χ3v) is 4.62. The van der Waals surface area contributed by atoms with Crippen LogP contribution in [0.4, 0.5) is 5.69 Å². The molecule has 1 aliphatic rings. The van der Waals surface area contributed by atoms with Gasteiger partial charge in [-0.25, -0.2) is 4.79 Å². The summed E-state index contributed by atoms with van der Waals surface area (Å²) < 4.78 is 5.11. The molecule has 0 unspecified atom stereocenters. The molecule has 0 bridgehead atoms. The fourth-order valence-electron chi connectivity index (χ4n) is 2.17. The monoisotopic (exact) mass is 356 g/mol. The second-order valence-corrected chi connectivity index (χ2v) is 6.52. The summed E-state index contributed by atoms with van der Waals surface area (Å²) >= 11 is 6.56. The molecule has 1 aliphatic heterocycles. The first-order valence-electron chi connectivity index (χ1n) is 6.96. The molecule has 0 saturated carbocycles. The van der Waals surface area contributed by atoms with Crippen molar-refractivity contribution in [1.82, 2.24) is 4.98 Å². The van der Waals surface area contributed by atoms with Gasteiger partial charge in [0.1, 0.15) is 0 Å². The molecule has 0 N–H and O–H groups in total. The molecular weight excluding hydrogens is 344 g/mol. The van der Waals surface area contributed by atoms with Crippen molar-refractivity contribution in [1.29, 1.82) is 0 Å². The van der Waals surface area contributed by atoms with Gasteiger partial charge >= 0.3 is 5.97 Å². The second-order valence-electron chi connectivity index (χ2n) is 4.84. The third kappa shape index (κ3) is 3.22. The average molecular weight is 356 g/mol. The lowest BCUT2D eigenvalue weighted by Crippen LogP contribution is -2.27. The molecule has 1 fully saturated rings. The van der Waals surface area contributed by atoms with Gasteiger partial charge in [-0.05, 0) is 42.0 Å². The van der Waals surface area contributed by atoms with Crippen molar-refractivity contribution in [3.05, 3.63) is 64.8 Å². The number of esters is 1. The van der Waals surface area contributed by atoms with Crippen LogP contribution in [0.2, 0.25) is 0 Å². The van der Waals surface area contributed by atoms with Crippen molar-refractivity contribution in [2.24, 2.45) is 0 Å². The summed E-state index contributed by atoms with van der Waals surface area (Å²) in [5, 5.41) is 0. The summed E-state index contributed by atoms with van der Waals surface area (Å²) in [6.45, 7) is 0. The highest BCUT2D eigenvalue weighted by Gasteiger charge is 2.33. The molecule has 1 aromatic heterocycles. The van der Waals surface area contributed by atoms with Crippen LogP contribution < -0.4 is 4.90 Å². The topological polar surface area (TPSA) is 59.5 Å². The summed E-state index contributed by atoms with van der Waals surface area (Å²) in [7, 11) is 1.32. The highest BCUT2D eigenvalue weighted by Crippen LogP contribution is 2.35. The molecule has 1 amide bonds. The van der Waals surface area contributed by atoms with Gasteiger partial charge in [-0.2, -0.15) is 0 Å². The number of thiocarbonyl (C=S) groups is 1. The summed E-state index contributed by atoms with van der Waals surface area (Å²) in [5.74, 6) is -0.622. The zero-order valence-corrected chi connectivity index (χ0v) is 14.3. The fourth-order valence-corrected chi connectivity index (χ4v) is 3.47. The number of thioether (sulfide) groups is 1. The number of ether oxygens (including phenoxy) is 1. The standard InChI is InChI=1S/C17H12N2O3S2/c1-22-16(21)12-4-6-13(7-5-12)19-15(20)14(24-17(19)23)9-11-3-2-8-18-10-11/h2-10H,1H3/b14-9+. The molecule has 0 spiro atoms. The molecule has 0 atom stereocenters. The van der Waals surface area contributed by atoms with Gasteiger partial charge in [0, 0.05) is 12.4 Å². The van der Waals surface area contributed by atoms with E-state index in [1.165, 1.54) is 23.8 Å². The maximum Gasteiger partial charge on any atom is 0.337 e. The number of anilines is 1. The van der Waals surface area contributed by atoms with Crippen LogP contribution in [0.1, 0.15) is 15.9 Å². The van der Waals surface area contributed by atoms with Crippen LogP contribution in [0.3, 0.4) is 0 Å². The van der Waals surface area contributed by atoms with Gasteiger partial charge in [-0.3, -0.25) is 14.7 Å². The number of carbonyl (C=O) groups is 2. The number of amides is 1. The van der Waals surface area contributed by atoms with E-state index in [1.807, 2.05) is 6.07 Å². The second kappa shape index (κ2) is 6.94. The number of benzene rings is 1. The van der Waals surface area contributed by atoms with E-state index < -0.39 is 5.97 Å². The smallest absolute Gasteiger partial charge is 0.337 e. The Balaban J connectivity index is 1.87. The molecule has 2 aromatic rings. The Morgan fingerprint density at radius 2 is 2.04 bits per heavy atom. The Labute approximate surface area is 148 Å². The summed E-state index contributed by atoms with van der Waals surface area (Å²) in [5.41, 5.74) is 1.86. The first kappa shape index (κ1) is 16.4. The lowest BCUT2D eigenvalue weighted by molar-refractivity contribution is -0.113. The Kier molecular flexibility index (Phi) is 4.73. The van der Waals surface area contributed by atoms with Crippen LogP contribution in [-0.4, -0.2) is 28.3 Å². The Morgan fingerprint density at radius 1 is 1.29 bits per heavy atom. The van der Waals surface area contributed by atoms with E-state index >= 15 is 0 Å². The van der Waals surface area contributed by atoms with E-state index in [0.29, 0.717) is 20.5 Å². The van der Waals surface area contributed by atoms with Crippen molar-refractivity contribution in [2.45, 2.75) is 0 Å². The molecule has 5 nitrogen and oxygen atoms in total. The van der Waals surface area contributed by atoms with Crippen LogP contribution in [0.25, 0.3) is 6.08 Å². The van der Waals surface area contributed by atoms with Gasteiger partial charge in [-0.15, -0.1) is 0 Å². The molecule has 7 heteroatoms. The molecule has 0 radical (unpaired) electrons. The lowest BCUT2D eigenvalue weighted by Gasteiger charge is -2.14. The summed E-state index contributed by atoms with van der Waals surface area (Å²) in [4.78, 5) is 30.1. The first-order valence-corrected chi connectivity index (χ1v) is 8.19. The van der Waals surface area contributed by atoms with Crippen molar-refractivity contribution < 1.29 is 14.3 Å². The van der Waals surface area contributed by atoms with Gasteiger partial charge in [0.05, 0.1) is 23.3 Å². The number of carbonyl (C=O) groups excluding carboxylic acids is 2. The zero-order chi connectivity index (χ0) is 17.1. The van der Waals surface area contributed by atoms with Crippen molar-refractivity contribution in [3.63, 3.8) is 0 Å². The summed E-state index contributed by atoms with van der Waals surface area (Å²) in [6.07, 6.45) is 5.11. The van der Waals surface area contributed by atoms with Crippen molar-refractivity contribution in [2.75, 3.05) is 12.0 Å². The van der Waals surface area contributed by atoms with E-state index in [9.17, 15) is 9.59 Å². The van der Waals surface area contributed by atoms with E-state index in [-0.39, 0.29) is 5.91 Å². The minimum atomic E-state index is -0.427. The molecule has 2 heterocycles. The SMILES string of the molecule is COC(=O)c1ccc(N2C(=O)/C(=C\c3cccnc3)SC2=S)cc1. The maximum absolute atomic E-state index is 12.6. The largest absolute Gasteiger partial charge is 0.465 e. The maximum atomic E-state index is 12.6. The normalized spacial score (nSPS) is 15.9. The Morgan fingerprint density at radius 3 is 2.67 bits per heavy atom. The van der Waals surface area contributed by atoms with Crippen molar-refractivity contribution >= 4 is 51.9 Å². The Hall–Kier alpha value is -2.51. The number of hydrogen-bond donors (Lipinski definition) is 0. The number of pyridine rings is 1. The predicted molar refractivity (Wildman–Crippen MR) is 97.7 cm³/mol. The molecule has 1 saturated heterocycles. The number of rotatable bonds is 3. The van der Waals surface area contributed by atoms with Gasteiger partial charge in [0.25, 0.3) is 5.91 Å². The van der Waals surface area contributed by atoms with Gasteiger partial charge in [0.15, 0.2) is 4.32 Å². The summed E-state index contributed by atoms with van der Waals surface area (Å²) in [6, 6.07) is 10.2. The number of hydrogen-bond acceptors (Lipinski definition) is 6. The molecule has 24 heavy (non-hydrogen) atoms. The minimum absolute atomic E-state index is 0.195. The van der Waals surface area contributed by atoms with Crippen molar-refractivity contribution in [3.8, 4) is 0 Å². The van der Waals surface area contributed by atoms with Crippen LogP contribution in [0.15, 0.2) is 53.7 Å². The highest BCUT2D eigenvalue weighted by molar-refractivity contribution is 8.27. The van der Waals surface area contributed by atoms with E-state index in [4.69, 9.17) is 12.2 Å². The minimum Gasteiger partial charge on any atom is -0.465 e. The first-order chi connectivity index (χ1) is 11.6. The van der Waals surface area contributed by atoms with Crippen LogP contribution >= 0.6 is 24.0 Å². The van der Waals surface area contributed by atoms with Gasteiger partial charge in [-0.1, -0.05) is 30.0 Å². The highest BCUT2D eigenvalue weighted by atomic mass is 32.2. The lowest BCUT2D eigenvalue weighted by atomic mass is 10.2. The third-order valence-electron chi connectivity index (χ3n) is 3.32. The molecule has 0 aliphatic carbocycles. The van der Waals surface area contributed by atoms with Crippen LogP contribution in [0, 0.1) is 0 Å². The Bertz CT molecular complexity index is 833. The molecule has 120 valence electrons.